The zero-order valence-corrected chi connectivity index (χ0v) is 15.5. The van der Waals surface area contributed by atoms with Crippen LogP contribution >= 0.6 is 23.2 Å². The number of rotatable bonds is 5. The molecule has 7 heteroatoms. The van der Waals surface area contributed by atoms with Gasteiger partial charge in [-0.05, 0) is 37.5 Å². The molecule has 5 nitrogen and oxygen atoms in total. The van der Waals surface area contributed by atoms with Crippen LogP contribution in [0.1, 0.15) is 44.6 Å². The fourth-order valence-corrected chi connectivity index (χ4v) is 3.35. The molecule has 0 radical (unpaired) electrons. The van der Waals surface area contributed by atoms with Crippen LogP contribution in [-0.2, 0) is 20.7 Å². The van der Waals surface area contributed by atoms with Gasteiger partial charge in [0.05, 0.1) is 12.5 Å². The summed E-state index contributed by atoms with van der Waals surface area (Å²) >= 11 is 11.8. The lowest BCUT2D eigenvalue weighted by Crippen LogP contribution is -2.52. The number of carbonyl (C=O) groups excluding carboxylic acids is 2. The van der Waals surface area contributed by atoms with Crippen LogP contribution < -0.4 is 5.32 Å². The molecule has 1 aromatic rings. The third kappa shape index (κ3) is 5.35. The summed E-state index contributed by atoms with van der Waals surface area (Å²) in [5.41, 5.74) is -0.278. The highest BCUT2D eigenvalue weighted by Crippen LogP contribution is 2.27. The predicted molar refractivity (Wildman–Crippen MR) is 95.3 cm³/mol. The zero-order chi connectivity index (χ0) is 18.4. The first kappa shape index (κ1) is 19.6. The molecule has 1 N–H and O–H groups in total. The number of esters is 1. The number of halogens is 2. The van der Waals surface area contributed by atoms with Gasteiger partial charge in [0.2, 0.25) is 0 Å². The van der Waals surface area contributed by atoms with Crippen molar-refractivity contribution in [2.75, 3.05) is 0 Å². The standard InChI is InChI=1S/C18H20Cl2N2O3/c1-12(17(24)22-18(11-21)7-3-2-4-8-18)25-16(23)9-13-5-6-14(19)10-15(13)20/h5-6,10,12H,2-4,7-9H2,1H3,(H,22,24)/t12-/m0/s1. The molecule has 1 fully saturated rings. The van der Waals surface area contributed by atoms with Gasteiger partial charge in [0, 0.05) is 10.0 Å². The SMILES string of the molecule is C[C@H](OC(=O)Cc1ccc(Cl)cc1Cl)C(=O)NC1(C#N)CCCCC1. The van der Waals surface area contributed by atoms with E-state index >= 15 is 0 Å². The molecule has 25 heavy (non-hydrogen) atoms. The van der Waals surface area contributed by atoms with Crippen LogP contribution in [0.3, 0.4) is 0 Å². The van der Waals surface area contributed by atoms with Gasteiger partial charge in [-0.1, -0.05) is 48.5 Å². The molecule has 1 aliphatic rings. The van der Waals surface area contributed by atoms with Gasteiger partial charge in [-0.25, -0.2) is 0 Å². The van der Waals surface area contributed by atoms with Crippen molar-refractivity contribution >= 4 is 35.1 Å². The first-order valence-corrected chi connectivity index (χ1v) is 8.97. The van der Waals surface area contributed by atoms with Gasteiger partial charge in [-0.2, -0.15) is 5.26 Å². The van der Waals surface area contributed by atoms with Crippen molar-refractivity contribution in [1.29, 1.82) is 5.26 Å². The predicted octanol–water partition coefficient (Wildman–Crippen LogP) is 3.81. The first-order chi connectivity index (χ1) is 11.8. The number of hydrogen-bond donors (Lipinski definition) is 1. The molecular weight excluding hydrogens is 363 g/mol. The summed E-state index contributed by atoms with van der Waals surface area (Å²) in [4.78, 5) is 24.3. The molecule has 1 atom stereocenters. The Labute approximate surface area is 157 Å². The number of ether oxygens (including phenoxy) is 1. The number of carbonyl (C=O) groups is 2. The molecule has 0 bridgehead atoms. The van der Waals surface area contributed by atoms with Crippen LogP contribution in [-0.4, -0.2) is 23.5 Å². The highest BCUT2D eigenvalue weighted by atomic mass is 35.5. The molecule has 0 unspecified atom stereocenters. The molecule has 1 aliphatic carbocycles. The second kappa shape index (κ2) is 8.55. The fraction of sp³-hybridized carbons (Fsp3) is 0.500. The summed E-state index contributed by atoms with van der Waals surface area (Å²) in [7, 11) is 0. The number of nitrogens with zero attached hydrogens (tertiary/aromatic N) is 1. The van der Waals surface area contributed by atoms with Crippen LogP contribution in [0, 0.1) is 11.3 Å². The van der Waals surface area contributed by atoms with E-state index in [1.54, 1.807) is 18.2 Å². The summed E-state index contributed by atoms with van der Waals surface area (Å²) in [6.07, 6.45) is 3.06. The van der Waals surface area contributed by atoms with Gasteiger partial charge in [0.1, 0.15) is 5.54 Å². The minimum absolute atomic E-state index is 0.0585. The van der Waals surface area contributed by atoms with Gasteiger partial charge in [0.25, 0.3) is 5.91 Å². The van der Waals surface area contributed by atoms with Gasteiger partial charge in [-0.15, -0.1) is 0 Å². The Hall–Kier alpha value is -1.77. The Morgan fingerprint density at radius 3 is 2.60 bits per heavy atom. The molecule has 0 aromatic heterocycles. The minimum atomic E-state index is -0.981. The smallest absolute Gasteiger partial charge is 0.311 e. The molecule has 0 spiro atoms. The summed E-state index contributed by atoms with van der Waals surface area (Å²) < 4.78 is 5.18. The first-order valence-electron chi connectivity index (χ1n) is 8.22. The number of hydrogen-bond acceptors (Lipinski definition) is 4. The summed E-state index contributed by atoms with van der Waals surface area (Å²) in [6, 6.07) is 7.02. The Bertz CT molecular complexity index is 694. The molecule has 1 saturated carbocycles. The molecule has 2 rings (SSSR count). The van der Waals surface area contributed by atoms with Crippen LogP contribution in [0.4, 0.5) is 0 Å². The van der Waals surface area contributed by atoms with E-state index in [1.165, 1.54) is 6.92 Å². The average Bonchev–Trinajstić information content (AvgIpc) is 2.58. The van der Waals surface area contributed by atoms with Crippen molar-refractivity contribution in [3.63, 3.8) is 0 Å². The Kier molecular flexibility index (Phi) is 6.69. The molecule has 0 aliphatic heterocycles. The van der Waals surface area contributed by atoms with E-state index < -0.39 is 23.5 Å². The average molecular weight is 383 g/mol. The van der Waals surface area contributed by atoms with E-state index in [2.05, 4.69) is 11.4 Å². The van der Waals surface area contributed by atoms with E-state index in [9.17, 15) is 14.9 Å². The summed E-state index contributed by atoms with van der Waals surface area (Å²) in [5, 5.41) is 13.0. The lowest BCUT2D eigenvalue weighted by molar-refractivity contribution is -0.154. The quantitative estimate of drug-likeness (QED) is 0.785. The van der Waals surface area contributed by atoms with Gasteiger partial charge in [-0.3, -0.25) is 9.59 Å². The Morgan fingerprint density at radius 2 is 2.00 bits per heavy atom. The topological polar surface area (TPSA) is 79.2 Å². The van der Waals surface area contributed by atoms with Gasteiger partial charge < -0.3 is 10.1 Å². The Balaban J connectivity index is 1.91. The van der Waals surface area contributed by atoms with E-state index in [-0.39, 0.29) is 6.42 Å². The molecule has 134 valence electrons. The fourth-order valence-electron chi connectivity index (χ4n) is 2.87. The molecule has 1 amide bonds. The van der Waals surface area contributed by atoms with E-state index in [1.807, 2.05) is 0 Å². The van der Waals surface area contributed by atoms with Crippen molar-refractivity contribution < 1.29 is 14.3 Å². The number of benzene rings is 1. The third-order valence-corrected chi connectivity index (χ3v) is 4.90. The monoisotopic (exact) mass is 382 g/mol. The molecule has 0 heterocycles. The lowest BCUT2D eigenvalue weighted by atomic mass is 9.83. The highest BCUT2D eigenvalue weighted by molar-refractivity contribution is 6.35. The second-order valence-electron chi connectivity index (χ2n) is 6.29. The summed E-state index contributed by atoms with van der Waals surface area (Å²) in [5.74, 6) is -1.03. The van der Waals surface area contributed by atoms with E-state index in [0.717, 1.165) is 19.3 Å². The normalized spacial score (nSPS) is 17.2. The number of nitriles is 1. The minimum Gasteiger partial charge on any atom is -0.452 e. The van der Waals surface area contributed by atoms with Gasteiger partial charge >= 0.3 is 5.97 Å². The number of nitrogens with one attached hydrogen (secondary N) is 1. The van der Waals surface area contributed by atoms with Crippen molar-refractivity contribution in [2.45, 2.75) is 57.1 Å². The summed E-state index contributed by atoms with van der Waals surface area (Å²) in [6.45, 7) is 1.49. The maximum absolute atomic E-state index is 12.3. The van der Waals surface area contributed by atoms with Gasteiger partial charge in [0.15, 0.2) is 6.10 Å². The van der Waals surface area contributed by atoms with Crippen LogP contribution in [0.2, 0.25) is 10.0 Å². The molecule has 0 saturated heterocycles. The van der Waals surface area contributed by atoms with Crippen LogP contribution in [0.25, 0.3) is 0 Å². The van der Waals surface area contributed by atoms with Crippen molar-refractivity contribution in [3.05, 3.63) is 33.8 Å². The zero-order valence-electron chi connectivity index (χ0n) is 14.0. The van der Waals surface area contributed by atoms with E-state index in [0.29, 0.717) is 28.5 Å². The highest BCUT2D eigenvalue weighted by Gasteiger charge is 2.35. The Morgan fingerprint density at radius 1 is 1.32 bits per heavy atom. The van der Waals surface area contributed by atoms with Crippen molar-refractivity contribution in [1.82, 2.24) is 5.32 Å². The third-order valence-electron chi connectivity index (χ3n) is 4.31. The van der Waals surface area contributed by atoms with Crippen molar-refractivity contribution in [2.24, 2.45) is 0 Å². The van der Waals surface area contributed by atoms with Crippen molar-refractivity contribution in [3.8, 4) is 6.07 Å². The lowest BCUT2D eigenvalue weighted by Gasteiger charge is -2.32. The van der Waals surface area contributed by atoms with E-state index in [4.69, 9.17) is 27.9 Å². The van der Waals surface area contributed by atoms with Crippen LogP contribution in [0.5, 0.6) is 0 Å². The maximum atomic E-state index is 12.3. The maximum Gasteiger partial charge on any atom is 0.311 e. The second-order valence-corrected chi connectivity index (χ2v) is 7.13. The largest absolute Gasteiger partial charge is 0.452 e. The molecular formula is C18H20Cl2N2O3. The van der Waals surface area contributed by atoms with Crippen LogP contribution in [0.15, 0.2) is 18.2 Å². The molecule has 1 aromatic carbocycles. The number of amides is 1.